The Labute approximate surface area is 121 Å². The molecule has 0 unspecified atom stereocenters. The van der Waals surface area contributed by atoms with E-state index in [0.717, 1.165) is 45.4 Å². The van der Waals surface area contributed by atoms with Gasteiger partial charge in [-0.3, -0.25) is 0 Å². The smallest absolute Gasteiger partial charge is 0.319 e. The number of hydrogen-bond acceptors (Lipinski definition) is 3. The van der Waals surface area contributed by atoms with Gasteiger partial charge in [-0.2, -0.15) is 0 Å². The fourth-order valence-electron chi connectivity index (χ4n) is 3.63. The zero-order chi connectivity index (χ0) is 14.8. The first-order valence-corrected chi connectivity index (χ1v) is 7.92. The van der Waals surface area contributed by atoms with Crippen LogP contribution in [0.25, 0.3) is 0 Å². The Hall–Kier alpha value is -0.810. The molecule has 1 saturated heterocycles. The summed E-state index contributed by atoms with van der Waals surface area (Å²) in [5.74, 6) is 0. The minimum absolute atomic E-state index is 0.101. The van der Waals surface area contributed by atoms with Gasteiger partial charge in [0, 0.05) is 44.6 Å². The molecular weight excluding hydrogens is 256 g/mol. The van der Waals surface area contributed by atoms with E-state index in [2.05, 4.69) is 0 Å². The number of urea groups is 1. The maximum atomic E-state index is 12.3. The predicted octanol–water partition coefficient (Wildman–Crippen LogP) is 1.70. The average Bonchev–Trinajstić information content (AvgIpc) is 2.48. The van der Waals surface area contributed by atoms with E-state index in [-0.39, 0.29) is 23.7 Å². The van der Waals surface area contributed by atoms with Crippen LogP contribution in [0.1, 0.15) is 40.0 Å². The minimum atomic E-state index is -0.259. The van der Waals surface area contributed by atoms with E-state index >= 15 is 0 Å². The maximum absolute atomic E-state index is 12.3. The van der Waals surface area contributed by atoms with E-state index in [0.29, 0.717) is 6.61 Å². The molecule has 0 radical (unpaired) electrons. The lowest BCUT2D eigenvalue weighted by molar-refractivity contribution is -0.207. The van der Waals surface area contributed by atoms with Gasteiger partial charge in [-0.15, -0.1) is 0 Å². The summed E-state index contributed by atoms with van der Waals surface area (Å²) < 4.78 is 5.75. The number of nitrogens with zero attached hydrogens (tertiary/aromatic N) is 2. The number of hydrogen-bond donors (Lipinski definition) is 1. The number of carbonyl (C=O) groups is 1. The molecule has 2 fully saturated rings. The third kappa shape index (κ3) is 2.53. The maximum Gasteiger partial charge on any atom is 0.319 e. The Kier molecular flexibility index (Phi) is 4.91. The molecular formula is C15H28N2O3. The highest BCUT2D eigenvalue weighted by Crippen LogP contribution is 2.50. The Morgan fingerprint density at radius 2 is 1.90 bits per heavy atom. The van der Waals surface area contributed by atoms with E-state index in [9.17, 15) is 9.90 Å². The first kappa shape index (κ1) is 15.6. The number of carbonyl (C=O) groups excluding carboxylic acids is 1. The van der Waals surface area contributed by atoms with Crippen LogP contribution in [-0.4, -0.2) is 65.9 Å². The molecule has 2 amide bonds. The third-order valence-electron chi connectivity index (χ3n) is 5.11. The van der Waals surface area contributed by atoms with E-state index in [1.54, 1.807) is 0 Å². The number of aliphatic hydroxyl groups is 1. The van der Waals surface area contributed by atoms with Crippen molar-refractivity contribution in [3.63, 3.8) is 0 Å². The van der Waals surface area contributed by atoms with Gasteiger partial charge < -0.3 is 19.6 Å². The van der Waals surface area contributed by atoms with Crippen LogP contribution >= 0.6 is 0 Å². The molecule has 2 atom stereocenters. The fourth-order valence-corrected chi connectivity index (χ4v) is 3.63. The number of rotatable bonds is 4. The van der Waals surface area contributed by atoms with Crippen LogP contribution in [0.4, 0.5) is 4.79 Å². The van der Waals surface area contributed by atoms with Crippen molar-refractivity contribution in [3.05, 3.63) is 0 Å². The quantitative estimate of drug-likeness (QED) is 0.855. The second-order valence-electron chi connectivity index (χ2n) is 5.87. The number of amides is 2. The molecule has 1 saturated carbocycles. The second kappa shape index (κ2) is 6.31. The van der Waals surface area contributed by atoms with Gasteiger partial charge in [0.2, 0.25) is 0 Å². The summed E-state index contributed by atoms with van der Waals surface area (Å²) in [5.41, 5.74) is -0.101. The number of ether oxygens (including phenoxy) is 1. The monoisotopic (exact) mass is 284 g/mol. The lowest BCUT2D eigenvalue weighted by atomic mass is 9.58. The molecule has 1 N–H and O–H groups in total. The van der Waals surface area contributed by atoms with E-state index in [1.807, 2.05) is 30.6 Å². The summed E-state index contributed by atoms with van der Waals surface area (Å²) in [4.78, 5) is 16.1. The van der Waals surface area contributed by atoms with Crippen molar-refractivity contribution < 1.29 is 14.6 Å². The molecule has 1 heterocycles. The summed E-state index contributed by atoms with van der Waals surface area (Å²) in [6, 6.07) is 0.131. The van der Waals surface area contributed by atoms with Crippen molar-refractivity contribution in [2.45, 2.75) is 52.2 Å². The first-order valence-electron chi connectivity index (χ1n) is 7.92. The van der Waals surface area contributed by atoms with Gasteiger partial charge in [0.25, 0.3) is 0 Å². The normalized spacial score (nSPS) is 28.3. The lowest BCUT2D eigenvalue weighted by Gasteiger charge is -2.56. The zero-order valence-corrected chi connectivity index (χ0v) is 13.0. The van der Waals surface area contributed by atoms with Crippen molar-refractivity contribution in [3.8, 4) is 0 Å². The molecule has 2 rings (SSSR count). The van der Waals surface area contributed by atoms with Crippen LogP contribution in [0.5, 0.6) is 0 Å². The van der Waals surface area contributed by atoms with Crippen molar-refractivity contribution in [1.82, 2.24) is 9.80 Å². The highest BCUT2D eigenvalue weighted by atomic mass is 16.5. The van der Waals surface area contributed by atoms with Gasteiger partial charge in [0.05, 0.1) is 12.2 Å². The summed E-state index contributed by atoms with van der Waals surface area (Å²) in [6.07, 6.45) is 2.37. The molecule has 0 aromatic carbocycles. The van der Waals surface area contributed by atoms with E-state index in [4.69, 9.17) is 4.74 Å². The SMILES string of the molecule is CCO[C@@H]1C[C@@H](O)C12CCN(C(=O)N(CC)CC)CC2. The number of aliphatic hydroxyl groups excluding tert-OH is 1. The first-order chi connectivity index (χ1) is 9.58. The molecule has 0 bridgehead atoms. The van der Waals surface area contributed by atoms with E-state index in [1.165, 1.54) is 0 Å². The summed E-state index contributed by atoms with van der Waals surface area (Å²) in [7, 11) is 0. The predicted molar refractivity (Wildman–Crippen MR) is 77.6 cm³/mol. The number of likely N-dealkylation sites (tertiary alicyclic amines) is 1. The molecule has 5 nitrogen and oxygen atoms in total. The van der Waals surface area contributed by atoms with Crippen molar-refractivity contribution in [2.75, 3.05) is 32.8 Å². The van der Waals surface area contributed by atoms with Crippen LogP contribution in [0.15, 0.2) is 0 Å². The van der Waals surface area contributed by atoms with Crippen LogP contribution in [-0.2, 0) is 4.74 Å². The Balaban J connectivity index is 1.93. The average molecular weight is 284 g/mol. The molecule has 1 spiro atoms. The lowest BCUT2D eigenvalue weighted by Crippen LogP contribution is -2.63. The second-order valence-corrected chi connectivity index (χ2v) is 5.87. The summed E-state index contributed by atoms with van der Waals surface area (Å²) >= 11 is 0. The molecule has 0 aromatic rings. The zero-order valence-electron chi connectivity index (χ0n) is 13.0. The molecule has 116 valence electrons. The van der Waals surface area contributed by atoms with Gasteiger partial charge in [0.1, 0.15) is 0 Å². The van der Waals surface area contributed by atoms with Gasteiger partial charge in [-0.1, -0.05) is 0 Å². The van der Waals surface area contributed by atoms with E-state index < -0.39 is 0 Å². The highest BCUT2D eigenvalue weighted by Gasteiger charge is 2.56. The molecule has 0 aromatic heterocycles. The van der Waals surface area contributed by atoms with Crippen LogP contribution < -0.4 is 0 Å². The van der Waals surface area contributed by atoms with Gasteiger partial charge in [-0.05, 0) is 33.6 Å². The van der Waals surface area contributed by atoms with Crippen LogP contribution in [0.2, 0.25) is 0 Å². The highest BCUT2D eigenvalue weighted by molar-refractivity contribution is 5.74. The third-order valence-corrected chi connectivity index (χ3v) is 5.11. The standard InChI is InChI=1S/C15H28N2O3/c1-4-16(5-2)14(19)17-9-7-15(8-10-17)12(18)11-13(15)20-6-3/h12-13,18H,4-11H2,1-3H3/t12-,13-/m1/s1. The Bertz CT molecular complexity index is 334. The molecule has 5 heteroatoms. The topological polar surface area (TPSA) is 53.0 Å². The molecule has 1 aliphatic carbocycles. The molecule has 1 aliphatic heterocycles. The van der Waals surface area contributed by atoms with Gasteiger partial charge in [-0.25, -0.2) is 4.79 Å². The molecule has 20 heavy (non-hydrogen) atoms. The van der Waals surface area contributed by atoms with Gasteiger partial charge in [0.15, 0.2) is 0 Å². The van der Waals surface area contributed by atoms with Crippen LogP contribution in [0.3, 0.4) is 0 Å². The van der Waals surface area contributed by atoms with Crippen molar-refractivity contribution in [2.24, 2.45) is 5.41 Å². The van der Waals surface area contributed by atoms with Crippen molar-refractivity contribution in [1.29, 1.82) is 0 Å². The Morgan fingerprint density at radius 1 is 1.30 bits per heavy atom. The largest absolute Gasteiger partial charge is 0.392 e. The van der Waals surface area contributed by atoms with Crippen molar-refractivity contribution >= 4 is 6.03 Å². The fraction of sp³-hybridized carbons (Fsp3) is 0.933. The summed E-state index contributed by atoms with van der Waals surface area (Å²) in [6.45, 7) is 9.67. The molecule has 2 aliphatic rings. The van der Waals surface area contributed by atoms with Crippen LogP contribution in [0, 0.1) is 5.41 Å². The van der Waals surface area contributed by atoms with Gasteiger partial charge >= 0.3 is 6.03 Å². The number of piperidine rings is 1. The Morgan fingerprint density at radius 3 is 2.35 bits per heavy atom. The minimum Gasteiger partial charge on any atom is -0.392 e. The summed E-state index contributed by atoms with van der Waals surface area (Å²) in [5, 5.41) is 10.2.